The van der Waals surface area contributed by atoms with Gasteiger partial charge >= 0.3 is 5.97 Å². The maximum atomic E-state index is 11.0. The van der Waals surface area contributed by atoms with E-state index < -0.39 is 5.97 Å². The van der Waals surface area contributed by atoms with Gasteiger partial charge in [-0.25, -0.2) is 4.79 Å². The van der Waals surface area contributed by atoms with Crippen molar-refractivity contribution in [3.63, 3.8) is 0 Å². The molecule has 0 bridgehead atoms. The maximum absolute atomic E-state index is 11.0. The van der Waals surface area contributed by atoms with Crippen molar-refractivity contribution in [2.24, 2.45) is 0 Å². The van der Waals surface area contributed by atoms with Gasteiger partial charge in [0.25, 0.3) is 0 Å². The fourth-order valence-corrected chi connectivity index (χ4v) is 0.875. The molecule has 15 heavy (non-hydrogen) atoms. The van der Waals surface area contributed by atoms with Crippen molar-refractivity contribution >= 4 is 5.97 Å². The molecule has 0 radical (unpaired) electrons. The third kappa shape index (κ3) is 7.76. The lowest BCUT2D eigenvalue weighted by Crippen LogP contribution is -2.16. The fraction of sp³-hybridized carbons (Fsp3) is 0.545. The quantitative estimate of drug-likeness (QED) is 0.367. The van der Waals surface area contributed by atoms with E-state index in [1.54, 1.807) is 19.1 Å². The Morgan fingerprint density at radius 3 is 2.73 bits per heavy atom. The molecule has 0 fully saturated rings. The number of ether oxygens (including phenoxy) is 3. The molecular formula is C11H18O4. The monoisotopic (exact) mass is 214 g/mol. The van der Waals surface area contributed by atoms with E-state index in [0.717, 1.165) is 0 Å². The lowest BCUT2D eigenvalue weighted by atomic mass is 10.3. The smallest absolute Gasteiger partial charge is 0.332 e. The first-order valence-electron chi connectivity index (χ1n) is 4.78. The van der Waals surface area contributed by atoms with Crippen molar-refractivity contribution < 1.29 is 19.0 Å². The molecule has 0 aliphatic rings. The third-order valence-corrected chi connectivity index (χ3v) is 1.46. The summed E-state index contributed by atoms with van der Waals surface area (Å²) in [5.74, 6) is 0.156. The van der Waals surface area contributed by atoms with Gasteiger partial charge in [0.1, 0.15) is 18.5 Å². The van der Waals surface area contributed by atoms with Crippen LogP contribution < -0.4 is 0 Å². The molecule has 0 rings (SSSR count). The number of hydrogen-bond acceptors (Lipinski definition) is 4. The zero-order valence-electron chi connectivity index (χ0n) is 9.49. The largest absolute Gasteiger partial charge is 0.495 e. The normalized spacial score (nSPS) is 12.5. The highest BCUT2D eigenvalue weighted by Crippen LogP contribution is 2.00. The van der Waals surface area contributed by atoms with Crippen molar-refractivity contribution in [1.82, 2.24) is 0 Å². The molecule has 0 saturated carbocycles. The molecule has 0 aromatic carbocycles. The van der Waals surface area contributed by atoms with E-state index in [1.165, 1.54) is 7.11 Å². The second kappa shape index (κ2) is 8.05. The SMILES string of the molecule is C=C(/C=C/C(C)OC(=O)COC)OCC. The summed E-state index contributed by atoms with van der Waals surface area (Å²) in [4.78, 5) is 11.0. The molecule has 0 amide bonds. The first-order valence-corrected chi connectivity index (χ1v) is 4.78. The van der Waals surface area contributed by atoms with Gasteiger partial charge < -0.3 is 14.2 Å². The number of hydrogen-bond donors (Lipinski definition) is 0. The number of allylic oxidation sites excluding steroid dienone is 1. The van der Waals surface area contributed by atoms with Crippen LogP contribution in [0.15, 0.2) is 24.5 Å². The zero-order valence-corrected chi connectivity index (χ0v) is 9.49. The van der Waals surface area contributed by atoms with Crippen molar-refractivity contribution in [2.75, 3.05) is 20.3 Å². The van der Waals surface area contributed by atoms with Gasteiger partial charge in [0.15, 0.2) is 0 Å². The van der Waals surface area contributed by atoms with Crippen LogP contribution in [0.3, 0.4) is 0 Å². The number of esters is 1. The maximum Gasteiger partial charge on any atom is 0.332 e. The summed E-state index contributed by atoms with van der Waals surface area (Å²) >= 11 is 0. The number of carbonyl (C=O) groups is 1. The van der Waals surface area contributed by atoms with Crippen LogP contribution in [0.4, 0.5) is 0 Å². The topological polar surface area (TPSA) is 44.8 Å². The molecule has 86 valence electrons. The van der Waals surface area contributed by atoms with Crippen LogP contribution in [-0.2, 0) is 19.0 Å². The summed E-state index contributed by atoms with van der Waals surface area (Å²) in [7, 11) is 1.44. The van der Waals surface area contributed by atoms with Crippen LogP contribution in [0.5, 0.6) is 0 Å². The Kier molecular flexibility index (Phi) is 7.36. The summed E-state index contributed by atoms with van der Waals surface area (Å²) in [6, 6.07) is 0. The van der Waals surface area contributed by atoms with E-state index >= 15 is 0 Å². The Bertz CT molecular complexity index is 233. The second-order valence-corrected chi connectivity index (χ2v) is 2.89. The molecule has 0 aromatic rings. The highest BCUT2D eigenvalue weighted by molar-refractivity contribution is 5.71. The van der Waals surface area contributed by atoms with E-state index in [-0.39, 0.29) is 12.7 Å². The summed E-state index contributed by atoms with van der Waals surface area (Å²) < 4.78 is 14.7. The van der Waals surface area contributed by atoms with Gasteiger partial charge in [0.2, 0.25) is 0 Å². The lowest BCUT2D eigenvalue weighted by molar-refractivity contribution is -0.150. The first kappa shape index (κ1) is 13.7. The highest BCUT2D eigenvalue weighted by atomic mass is 16.6. The van der Waals surface area contributed by atoms with Crippen molar-refractivity contribution in [1.29, 1.82) is 0 Å². The lowest BCUT2D eigenvalue weighted by Gasteiger charge is -2.08. The minimum atomic E-state index is -0.392. The van der Waals surface area contributed by atoms with Crippen LogP contribution in [0.2, 0.25) is 0 Å². The van der Waals surface area contributed by atoms with Crippen LogP contribution in [0.1, 0.15) is 13.8 Å². The molecule has 4 nitrogen and oxygen atoms in total. The van der Waals surface area contributed by atoms with Gasteiger partial charge in [-0.05, 0) is 26.0 Å². The molecule has 0 saturated heterocycles. The average Bonchev–Trinajstić information content (AvgIpc) is 2.15. The zero-order chi connectivity index (χ0) is 11.7. The number of rotatable bonds is 7. The Morgan fingerprint density at radius 1 is 1.53 bits per heavy atom. The van der Waals surface area contributed by atoms with E-state index in [1.807, 2.05) is 6.92 Å². The van der Waals surface area contributed by atoms with E-state index in [2.05, 4.69) is 11.3 Å². The summed E-state index contributed by atoms with van der Waals surface area (Å²) in [6.07, 6.45) is 3.06. The predicted molar refractivity (Wildman–Crippen MR) is 57.3 cm³/mol. The molecule has 1 atom stereocenters. The average molecular weight is 214 g/mol. The minimum absolute atomic E-state index is 0.0371. The Labute approximate surface area is 90.5 Å². The van der Waals surface area contributed by atoms with Crippen LogP contribution in [-0.4, -0.2) is 32.4 Å². The van der Waals surface area contributed by atoms with Gasteiger partial charge in [0, 0.05) is 7.11 Å². The summed E-state index contributed by atoms with van der Waals surface area (Å²) in [5.41, 5.74) is 0. The second-order valence-electron chi connectivity index (χ2n) is 2.89. The van der Waals surface area contributed by atoms with Gasteiger partial charge in [-0.2, -0.15) is 0 Å². The Hall–Kier alpha value is -1.29. The summed E-state index contributed by atoms with van der Waals surface area (Å²) in [6.45, 7) is 7.82. The number of methoxy groups -OCH3 is 1. The number of carbonyl (C=O) groups excluding carboxylic acids is 1. The third-order valence-electron chi connectivity index (χ3n) is 1.46. The van der Waals surface area contributed by atoms with E-state index in [9.17, 15) is 4.79 Å². The standard InChI is InChI=1S/C11H18O4/c1-5-14-9(2)6-7-10(3)15-11(12)8-13-4/h6-7,10H,2,5,8H2,1,3-4H3/b7-6+. The molecular weight excluding hydrogens is 196 g/mol. The highest BCUT2D eigenvalue weighted by Gasteiger charge is 2.05. The molecule has 0 aliphatic heterocycles. The van der Waals surface area contributed by atoms with Gasteiger partial charge in [-0.15, -0.1) is 0 Å². The minimum Gasteiger partial charge on any atom is -0.495 e. The predicted octanol–water partition coefficient (Wildman–Crippen LogP) is 1.67. The Morgan fingerprint density at radius 2 is 2.20 bits per heavy atom. The Balaban J connectivity index is 3.86. The molecule has 0 heterocycles. The first-order chi connectivity index (χ1) is 7.10. The molecule has 1 unspecified atom stereocenters. The molecule has 0 N–H and O–H groups in total. The van der Waals surface area contributed by atoms with Gasteiger partial charge in [-0.1, -0.05) is 6.58 Å². The van der Waals surface area contributed by atoms with Gasteiger partial charge in [-0.3, -0.25) is 0 Å². The van der Waals surface area contributed by atoms with Crippen molar-refractivity contribution in [3.8, 4) is 0 Å². The van der Waals surface area contributed by atoms with Crippen LogP contribution >= 0.6 is 0 Å². The fourth-order valence-electron chi connectivity index (χ4n) is 0.875. The van der Waals surface area contributed by atoms with Crippen LogP contribution in [0, 0.1) is 0 Å². The molecule has 4 heteroatoms. The van der Waals surface area contributed by atoms with Crippen molar-refractivity contribution in [3.05, 3.63) is 24.5 Å². The molecule has 0 spiro atoms. The van der Waals surface area contributed by atoms with E-state index in [0.29, 0.717) is 12.4 Å². The van der Waals surface area contributed by atoms with Gasteiger partial charge in [0.05, 0.1) is 6.61 Å². The van der Waals surface area contributed by atoms with Crippen LogP contribution in [0.25, 0.3) is 0 Å². The van der Waals surface area contributed by atoms with E-state index in [4.69, 9.17) is 9.47 Å². The van der Waals surface area contributed by atoms with Crippen molar-refractivity contribution in [2.45, 2.75) is 20.0 Å². The molecule has 0 aromatic heterocycles. The summed E-state index contributed by atoms with van der Waals surface area (Å²) in [5, 5.41) is 0. The molecule has 0 aliphatic carbocycles.